The molecule has 0 amide bonds. The van der Waals surface area contributed by atoms with Crippen LogP contribution in [0.4, 0.5) is 5.69 Å². The van der Waals surface area contributed by atoms with Crippen molar-refractivity contribution >= 4 is 33.1 Å². The summed E-state index contributed by atoms with van der Waals surface area (Å²) in [5.41, 5.74) is 10.3. The fraction of sp³-hybridized carbons (Fsp3) is 0.0556. The van der Waals surface area contributed by atoms with E-state index in [9.17, 15) is 5.26 Å². The zero-order chi connectivity index (χ0) is 27.1. The Labute approximate surface area is 232 Å². The third-order valence-corrected chi connectivity index (χ3v) is 7.63. The summed E-state index contributed by atoms with van der Waals surface area (Å²) >= 11 is 0. The van der Waals surface area contributed by atoms with E-state index in [1.54, 1.807) is 0 Å². The van der Waals surface area contributed by atoms with Gasteiger partial charge in [-0.3, -0.25) is 0 Å². The van der Waals surface area contributed by atoms with Crippen molar-refractivity contribution in [1.82, 2.24) is 9.13 Å². The van der Waals surface area contributed by atoms with Crippen molar-refractivity contribution in [2.75, 3.05) is 0 Å². The molecule has 0 atom stereocenters. The number of hydrogen-bond donors (Lipinski definition) is 0. The number of nitriles is 1. The fourth-order valence-corrected chi connectivity index (χ4v) is 5.70. The third kappa shape index (κ3) is 3.91. The van der Waals surface area contributed by atoms with Crippen LogP contribution in [0.15, 0.2) is 121 Å². The molecule has 6 aromatic rings. The molecule has 40 heavy (non-hydrogen) atoms. The Kier molecular flexibility index (Phi) is 5.66. The molecule has 188 valence electrons. The van der Waals surface area contributed by atoms with Crippen LogP contribution in [0.5, 0.6) is 0 Å². The molecule has 0 saturated carbocycles. The van der Waals surface area contributed by atoms with Gasteiger partial charge in [0.2, 0.25) is 0 Å². The third-order valence-electron chi connectivity index (χ3n) is 7.63. The molecule has 4 heteroatoms. The van der Waals surface area contributed by atoms with Gasteiger partial charge in [0.15, 0.2) is 5.69 Å². The fourth-order valence-electron chi connectivity index (χ4n) is 5.70. The van der Waals surface area contributed by atoms with Crippen LogP contribution in [0.2, 0.25) is 0 Å². The van der Waals surface area contributed by atoms with Crippen LogP contribution in [0.3, 0.4) is 0 Å². The molecule has 0 radical (unpaired) electrons. The van der Waals surface area contributed by atoms with Crippen molar-refractivity contribution in [3.05, 3.63) is 144 Å². The Balaban J connectivity index is 1.52. The van der Waals surface area contributed by atoms with Crippen molar-refractivity contribution < 1.29 is 0 Å². The zero-order valence-electron chi connectivity index (χ0n) is 21.8. The highest BCUT2D eigenvalue weighted by Crippen LogP contribution is 2.38. The average molecular weight is 513 g/mol. The van der Waals surface area contributed by atoms with E-state index in [2.05, 4.69) is 86.8 Å². The molecular weight excluding hydrogens is 488 g/mol. The zero-order valence-corrected chi connectivity index (χ0v) is 21.8. The van der Waals surface area contributed by atoms with Gasteiger partial charge in [0, 0.05) is 22.1 Å². The van der Waals surface area contributed by atoms with Crippen LogP contribution in [0.1, 0.15) is 24.1 Å². The highest BCUT2D eigenvalue weighted by molar-refractivity contribution is 6.01. The minimum absolute atomic E-state index is 0.628. The SMILES string of the molecule is [C-]#[N+]c1ccc(-n2c(-c3ccccc3)cc3cc4c(cc(C5=CC=CCC5)n4-c4ccc(C#N)cc4)cc32)cc1. The number of nitrogens with zero attached hydrogens (tertiary/aromatic N) is 4. The Morgan fingerprint density at radius 1 is 0.725 bits per heavy atom. The lowest BCUT2D eigenvalue weighted by Gasteiger charge is -2.15. The van der Waals surface area contributed by atoms with Gasteiger partial charge in [-0.25, -0.2) is 4.85 Å². The monoisotopic (exact) mass is 512 g/mol. The van der Waals surface area contributed by atoms with Gasteiger partial charge >= 0.3 is 0 Å². The summed E-state index contributed by atoms with van der Waals surface area (Å²) in [6.07, 6.45) is 8.57. The van der Waals surface area contributed by atoms with Crippen molar-refractivity contribution in [1.29, 1.82) is 5.26 Å². The van der Waals surface area contributed by atoms with Crippen LogP contribution in [0, 0.1) is 17.9 Å². The second kappa shape index (κ2) is 9.62. The summed E-state index contributed by atoms with van der Waals surface area (Å²) in [7, 11) is 0. The van der Waals surface area contributed by atoms with Gasteiger partial charge in [-0.1, -0.05) is 60.7 Å². The first kappa shape index (κ1) is 23.5. The van der Waals surface area contributed by atoms with Gasteiger partial charge in [0.05, 0.1) is 40.6 Å². The van der Waals surface area contributed by atoms with E-state index in [0.717, 1.165) is 57.3 Å². The Hall–Kier alpha value is -5.58. The molecule has 1 aliphatic rings. The van der Waals surface area contributed by atoms with Crippen molar-refractivity contribution in [3.8, 4) is 28.7 Å². The van der Waals surface area contributed by atoms with Gasteiger partial charge in [-0.15, -0.1) is 0 Å². The summed E-state index contributed by atoms with van der Waals surface area (Å²) < 4.78 is 4.62. The van der Waals surface area contributed by atoms with E-state index in [1.807, 2.05) is 54.6 Å². The van der Waals surface area contributed by atoms with Crippen molar-refractivity contribution in [3.63, 3.8) is 0 Å². The number of aromatic nitrogens is 2. The predicted octanol–water partition coefficient (Wildman–Crippen LogP) is 9.40. The van der Waals surface area contributed by atoms with E-state index in [1.165, 1.54) is 11.3 Å². The first-order valence-corrected chi connectivity index (χ1v) is 13.3. The van der Waals surface area contributed by atoms with E-state index >= 15 is 0 Å². The first-order valence-electron chi connectivity index (χ1n) is 13.3. The molecule has 0 saturated heterocycles. The van der Waals surface area contributed by atoms with Gasteiger partial charge in [-0.2, -0.15) is 5.26 Å². The highest BCUT2D eigenvalue weighted by atomic mass is 15.0. The number of benzene rings is 4. The molecule has 4 nitrogen and oxygen atoms in total. The van der Waals surface area contributed by atoms with Gasteiger partial charge in [0.1, 0.15) is 0 Å². The second-order valence-electron chi connectivity index (χ2n) is 10.0. The normalized spacial score (nSPS) is 12.8. The molecular formula is C36H24N4. The first-order chi connectivity index (χ1) is 19.7. The van der Waals surface area contributed by atoms with E-state index in [-0.39, 0.29) is 0 Å². The topological polar surface area (TPSA) is 38.0 Å². The lowest BCUT2D eigenvalue weighted by Crippen LogP contribution is -2.01. The van der Waals surface area contributed by atoms with Crippen LogP contribution in [-0.4, -0.2) is 9.13 Å². The van der Waals surface area contributed by atoms with Crippen molar-refractivity contribution in [2.24, 2.45) is 0 Å². The van der Waals surface area contributed by atoms with Crippen molar-refractivity contribution in [2.45, 2.75) is 12.8 Å². The lowest BCUT2D eigenvalue weighted by atomic mass is 10.0. The smallest absolute Gasteiger partial charge is 0.187 e. The number of hydrogen-bond acceptors (Lipinski definition) is 1. The van der Waals surface area contributed by atoms with E-state index in [0.29, 0.717) is 11.3 Å². The molecule has 0 aliphatic heterocycles. The molecule has 0 bridgehead atoms. The Bertz CT molecular complexity index is 2040. The molecule has 0 fully saturated rings. The summed E-state index contributed by atoms with van der Waals surface area (Å²) in [5.74, 6) is 0. The maximum atomic E-state index is 9.36. The molecule has 2 heterocycles. The van der Waals surface area contributed by atoms with Crippen LogP contribution in [-0.2, 0) is 0 Å². The summed E-state index contributed by atoms with van der Waals surface area (Å²) in [5, 5.41) is 11.7. The maximum Gasteiger partial charge on any atom is 0.187 e. The molecule has 2 aromatic heterocycles. The quantitative estimate of drug-likeness (QED) is 0.217. The van der Waals surface area contributed by atoms with Crippen LogP contribution < -0.4 is 0 Å². The minimum atomic E-state index is 0.628. The molecule has 0 unspecified atom stereocenters. The summed E-state index contributed by atoms with van der Waals surface area (Å²) in [4.78, 5) is 3.58. The number of fused-ring (bicyclic) bond motifs is 2. The Morgan fingerprint density at radius 3 is 1.95 bits per heavy atom. The standard InChI is InChI=1S/C36H24N4/c1-38-30-14-18-32(19-15-30)40-34(27-10-6-3-7-11-27)21-29-22-35-28(23-36(29)40)20-33(26-8-4-2-5-9-26)39(35)31-16-12-25(24-37)13-17-31/h2-4,6-8,10-23H,5,9H2. The molecule has 0 N–H and O–H groups in total. The van der Waals surface area contributed by atoms with Gasteiger partial charge in [-0.05, 0) is 84.6 Å². The number of rotatable bonds is 4. The molecule has 1 aliphatic carbocycles. The van der Waals surface area contributed by atoms with E-state index in [4.69, 9.17) is 6.57 Å². The lowest BCUT2D eigenvalue weighted by molar-refractivity contribution is 1.01. The second-order valence-corrected chi connectivity index (χ2v) is 10.0. The molecule has 7 rings (SSSR count). The largest absolute Gasteiger partial charge is 0.310 e. The van der Waals surface area contributed by atoms with E-state index < -0.39 is 0 Å². The summed E-state index contributed by atoms with van der Waals surface area (Å²) in [6.45, 7) is 7.38. The molecule has 4 aromatic carbocycles. The maximum absolute atomic E-state index is 9.36. The Morgan fingerprint density at radius 2 is 1.35 bits per heavy atom. The van der Waals surface area contributed by atoms with Crippen LogP contribution in [0.25, 0.3) is 54.9 Å². The highest BCUT2D eigenvalue weighted by Gasteiger charge is 2.19. The van der Waals surface area contributed by atoms with Gasteiger partial charge < -0.3 is 9.13 Å². The van der Waals surface area contributed by atoms with Gasteiger partial charge in [0.25, 0.3) is 0 Å². The molecule has 0 spiro atoms. The van der Waals surface area contributed by atoms with Crippen LogP contribution >= 0.6 is 0 Å². The predicted molar refractivity (Wildman–Crippen MR) is 163 cm³/mol. The average Bonchev–Trinajstić information content (AvgIpc) is 3.59. The number of allylic oxidation sites excluding steroid dienone is 4. The minimum Gasteiger partial charge on any atom is -0.310 e. The summed E-state index contributed by atoms with van der Waals surface area (Å²) in [6, 6.07) is 37.4.